The maximum absolute atomic E-state index is 10.8. The zero-order valence-corrected chi connectivity index (χ0v) is 9.45. The molecule has 2 unspecified atom stereocenters. The lowest BCUT2D eigenvalue weighted by Crippen LogP contribution is -2.16. The molecule has 2 aromatic heterocycles. The van der Waals surface area contributed by atoms with Gasteiger partial charge in [-0.15, -0.1) is 0 Å². The molecule has 90 valence electrons. The quantitative estimate of drug-likeness (QED) is 0.874. The number of carbonyl (C=O) groups is 1. The minimum absolute atomic E-state index is 0.316. The van der Waals surface area contributed by atoms with E-state index >= 15 is 0 Å². The molecule has 0 radical (unpaired) electrons. The molecule has 0 saturated heterocycles. The molecule has 0 aromatic carbocycles. The Morgan fingerprint density at radius 2 is 2.24 bits per heavy atom. The van der Waals surface area contributed by atoms with Crippen LogP contribution in [0.25, 0.3) is 11.4 Å². The van der Waals surface area contributed by atoms with Crippen LogP contribution in [0.15, 0.2) is 27.5 Å². The second kappa shape index (κ2) is 4.40. The fourth-order valence-electron chi connectivity index (χ4n) is 1.36. The van der Waals surface area contributed by atoms with Crippen molar-refractivity contribution in [1.29, 1.82) is 0 Å². The molecule has 0 saturated carbocycles. The predicted molar refractivity (Wildman–Crippen MR) is 57.2 cm³/mol. The monoisotopic (exact) mass is 236 g/mol. The Bertz CT molecular complexity index is 503. The molecule has 2 rings (SSSR count). The molecule has 0 aliphatic heterocycles. The lowest BCUT2D eigenvalue weighted by atomic mass is 9.96. The molecule has 1 N–H and O–H groups in total. The van der Waals surface area contributed by atoms with Crippen LogP contribution in [0.3, 0.4) is 0 Å². The van der Waals surface area contributed by atoms with Crippen LogP contribution in [0, 0.1) is 5.92 Å². The maximum atomic E-state index is 10.8. The predicted octanol–water partition coefficient (Wildman–Crippen LogP) is 2.15. The first-order valence-corrected chi connectivity index (χ1v) is 5.18. The third-order valence-corrected chi connectivity index (χ3v) is 2.75. The largest absolute Gasteiger partial charge is 0.481 e. The van der Waals surface area contributed by atoms with E-state index in [0.29, 0.717) is 17.3 Å². The number of hydrogen-bond acceptors (Lipinski definition) is 5. The van der Waals surface area contributed by atoms with Gasteiger partial charge < -0.3 is 14.0 Å². The molecule has 17 heavy (non-hydrogen) atoms. The summed E-state index contributed by atoms with van der Waals surface area (Å²) in [6.45, 7) is 3.35. The van der Waals surface area contributed by atoms with Gasteiger partial charge in [0.15, 0.2) is 0 Å². The van der Waals surface area contributed by atoms with E-state index in [4.69, 9.17) is 14.0 Å². The smallest absolute Gasteiger partial charge is 0.307 e. The van der Waals surface area contributed by atoms with Crippen molar-refractivity contribution in [2.45, 2.75) is 19.8 Å². The molecule has 0 fully saturated rings. The average Bonchev–Trinajstić information content (AvgIpc) is 2.96. The summed E-state index contributed by atoms with van der Waals surface area (Å²) in [5.41, 5.74) is 0.704. The number of carboxylic acid groups (broad SMARTS) is 1. The van der Waals surface area contributed by atoms with Crippen molar-refractivity contribution in [3.05, 3.63) is 24.5 Å². The number of aromatic nitrogens is 2. The van der Waals surface area contributed by atoms with Crippen molar-refractivity contribution in [3.8, 4) is 11.4 Å². The van der Waals surface area contributed by atoms with Gasteiger partial charge in [-0.1, -0.05) is 19.0 Å². The van der Waals surface area contributed by atoms with Crippen LogP contribution in [0.2, 0.25) is 0 Å². The summed E-state index contributed by atoms with van der Waals surface area (Å²) in [5, 5.41) is 12.7. The zero-order valence-electron chi connectivity index (χ0n) is 9.45. The average molecular weight is 236 g/mol. The highest BCUT2D eigenvalue weighted by molar-refractivity contribution is 5.70. The third kappa shape index (κ3) is 2.20. The molecular formula is C11H12N2O4. The lowest BCUT2D eigenvalue weighted by molar-refractivity contribution is -0.141. The van der Waals surface area contributed by atoms with Gasteiger partial charge in [-0.05, 0) is 6.07 Å². The Hall–Kier alpha value is -2.11. The van der Waals surface area contributed by atoms with Crippen molar-refractivity contribution in [2.24, 2.45) is 5.92 Å². The summed E-state index contributed by atoms with van der Waals surface area (Å²) in [6.07, 6.45) is 3.01. The summed E-state index contributed by atoms with van der Waals surface area (Å²) >= 11 is 0. The Kier molecular flexibility index (Phi) is 2.95. The van der Waals surface area contributed by atoms with Gasteiger partial charge in [-0.2, -0.15) is 4.98 Å². The van der Waals surface area contributed by atoms with E-state index in [-0.39, 0.29) is 5.92 Å². The van der Waals surface area contributed by atoms with Crippen LogP contribution in [0.5, 0.6) is 0 Å². The Morgan fingerprint density at radius 3 is 2.82 bits per heavy atom. The second-order valence-electron chi connectivity index (χ2n) is 3.88. The Morgan fingerprint density at radius 1 is 1.47 bits per heavy atom. The third-order valence-electron chi connectivity index (χ3n) is 2.75. The maximum Gasteiger partial charge on any atom is 0.307 e. The summed E-state index contributed by atoms with van der Waals surface area (Å²) in [7, 11) is 0. The number of carboxylic acids is 1. The van der Waals surface area contributed by atoms with Gasteiger partial charge >= 0.3 is 5.97 Å². The molecule has 0 bridgehead atoms. The van der Waals surface area contributed by atoms with E-state index in [9.17, 15) is 4.79 Å². The van der Waals surface area contributed by atoms with Gasteiger partial charge in [0.2, 0.25) is 11.7 Å². The highest BCUT2D eigenvalue weighted by Gasteiger charge is 2.26. The minimum atomic E-state index is -0.888. The van der Waals surface area contributed by atoms with E-state index in [1.54, 1.807) is 19.9 Å². The first-order chi connectivity index (χ1) is 8.09. The van der Waals surface area contributed by atoms with Crippen LogP contribution in [-0.4, -0.2) is 21.2 Å². The van der Waals surface area contributed by atoms with Crippen molar-refractivity contribution >= 4 is 5.97 Å². The lowest BCUT2D eigenvalue weighted by Gasteiger charge is -2.10. The van der Waals surface area contributed by atoms with E-state index in [2.05, 4.69) is 10.1 Å². The van der Waals surface area contributed by atoms with Crippen LogP contribution in [0.4, 0.5) is 0 Å². The fourth-order valence-corrected chi connectivity index (χ4v) is 1.36. The molecule has 2 atom stereocenters. The molecule has 2 aromatic rings. The van der Waals surface area contributed by atoms with Crippen LogP contribution >= 0.6 is 0 Å². The first-order valence-electron chi connectivity index (χ1n) is 5.18. The summed E-state index contributed by atoms with van der Waals surface area (Å²) in [6, 6.07) is 1.71. The number of rotatable bonds is 4. The topological polar surface area (TPSA) is 89.4 Å². The molecule has 2 heterocycles. The highest BCUT2D eigenvalue weighted by Crippen LogP contribution is 2.25. The van der Waals surface area contributed by atoms with Gasteiger partial charge in [-0.3, -0.25) is 4.79 Å². The first kappa shape index (κ1) is 11.4. The molecule has 0 aliphatic carbocycles. The molecule has 6 heteroatoms. The Balaban J connectivity index is 2.21. The summed E-state index contributed by atoms with van der Waals surface area (Å²) < 4.78 is 9.96. The highest BCUT2D eigenvalue weighted by atomic mass is 16.5. The standard InChI is InChI=1S/C11H12N2O4/c1-6(7(2)11(14)15)10-12-9(13-17-10)8-3-4-16-5-8/h3-7H,1-2H3,(H,14,15). The number of hydrogen-bond donors (Lipinski definition) is 1. The van der Waals surface area contributed by atoms with Crippen molar-refractivity contribution in [2.75, 3.05) is 0 Å². The van der Waals surface area contributed by atoms with Crippen LogP contribution in [0.1, 0.15) is 25.7 Å². The summed E-state index contributed by atoms with van der Waals surface area (Å²) in [5.74, 6) is -1.08. The normalized spacial score (nSPS) is 14.5. The van der Waals surface area contributed by atoms with Gasteiger partial charge in [0, 0.05) is 5.92 Å². The van der Waals surface area contributed by atoms with Crippen molar-refractivity contribution in [1.82, 2.24) is 10.1 Å². The van der Waals surface area contributed by atoms with Gasteiger partial charge in [0.25, 0.3) is 0 Å². The summed E-state index contributed by atoms with van der Waals surface area (Å²) in [4.78, 5) is 15.0. The van der Waals surface area contributed by atoms with Crippen molar-refractivity contribution < 1.29 is 18.8 Å². The van der Waals surface area contributed by atoms with Gasteiger partial charge in [0.1, 0.15) is 6.26 Å². The molecule has 0 aliphatic rings. The number of nitrogens with zero attached hydrogens (tertiary/aromatic N) is 2. The Labute approximate surface area is 97.2 Å². The van der Waals surface area contributed by atoms with E-state index in [1.165, 1.54) is 12.5 Å². The molecule has 0 spiro atoms. The number of aliphatic carboxylic acids is 1. The molecule has 0 amide bonds. The van der Waals surface area contributed by atoms with Crippen molar-refractivity contribution in [3.63, 3.8) is 0 Å². The number of furan rings is 1. The van der Waals surface area contributed by atoms with E-state index in [1.807, 2.05) is 0 Å². The second-order valence-corrected chi connectivity index (χ2v) is 3.88. The zero-order chi connectivity index (χ0) is 12.4. The molecular weight excluding hydrogens is 224 g/mol. The van der Waals surface area contributed by atoms with Gasteiger partial charge in [-0.25, -0.2) is 0 Å². The minimum Gasteiger partial charge on any atom is -0.481 e. The van der Waals surface area contributed by atoms with E-state index < -0.39 is 11.9 Å². The molecule has 6 nitrogen and oxygen atoms in total. The fraction of sp³-hybridized carbons (Fsp3) is 0.364. The van der Waals surface area contributed by atoms with E-state index in [0.717, 1.165) is 0 Å². The SMILES string of the molecule is CC(C(=O)O)C(C)c1nc(-c2ccoc2)no1. The van der Waals surface area contributed by atoms with Gasteiger partial charge in [0.05, 0.1) is 17.7 Å². The van der Waals surface area contributed by atoms with Crippen LogP contribution in [-0.2, 0) is 4.79 Å². The van der Waals surface area contributed by atoms with Crippen LogP contribution < -0.4 is 0 Å².